The molecule has 1 N–H and O–H groups in total. The molecular weight excluding hydrogens is 390 g/mol. The molecular formula is C18H20BrNO3S. The first-order chi connectivity index (χ1) is 11.1. The number of sulfone groups is 1. The standard InChI is InChI=1S/C18H20BrNO3S/c1-12-5-8-15(11-13(12)2)20-17(21)18(3,4)24(22,23)16-9-6-14(19)7-10-16/h5-11H,1-4H3,(H,20,21). The van der Waals surface area contributed by atoms with Crippen molar-refractivity contribution in [2.45, 2.75) is 37.3 Å². The maximum atomic E-state index is 12.8. The Morgan fingerprint density at radius 1 is 1.00 bits per heavy atom. The van der Waals surface area contributed by atoms with Gasteiger partial charge in [-0.2, -0.15) is 0 Å². The summed E-state index contributed by atoms with van der Waals surface area (Å²) in [6.45, 7) is 6.75. The van der Waals surface area contributed by atoms with Crippen LogP contribution >= 0.6 is 15.9 Å². The van der Waals surface area contributed by atoms with Gasteiger partial charge in [0.1, 0.15) is 4.75 Å². The average Bonchev–Trinajstić information content (AvgIpc) is 2.51. The lowest BCUT2D eigenvalue weighted by molar-refractivity contribution is -0.117. The fourth-order valence-electron chi connectivity index (χ4n) is 2.13. The quantitative estimate of drug-likeness (QED) is 0.820. The fourth-order valence-corrected chi connectivity index (χ4v) is 3.77. The van der Waals surface area contributed by atoms with E-state index >= 15 is 0 Å². The van der Waals surface area contributed by atoms with Gasteiger partial charge < -0.3 is 5.32 Å². The van der Waals surface area contributed by atoms with Gasteiger partial charge >= 0.3 is 0 Å². The molecule has 0 atom stereocenters. The molecule has 2 aromatic rings. The zero-order valence-corrected chi connectivity index (χ0v) is 16.5. The molecule has 0 saturated heterocycles. The molecule has 0 aliphatic heterocycles. The van der Waals surface area contributed by atoms with E-state index in [0.717, 1.165) is 15.6 Å². The van der Waals surface area contributed by atoms with Gasteiger partial charge in [-0.15, -0.1) is 0 Å². The largest absolute Gasteiger partial charge is 0.325 e. The van der Waals surface area contributed by atoms with Crippen molar-refractivity contribution in [3.63, 3.8) is 0 Å². The summed E-state index contributed by atoms with van der Waals surface area (Å²) in [5.74, 6) is -0.561. The number of hydrogen-bond donors (Lipinski definition) is 1. The number of aryl methyl sites for hydroxylation is 2. The Labute approximate surface area is 151 Å². The highest BCUT2D eigenvalue weighted by Crippen LogP contribution is 2.28. The minimum absolute atomic E-state index is 0.117. The van der Waals surface area contributed by atoms with Crippen molar-refractivity contribution in [1.82, 2.24) is 0 Å². The number of rotatable bonds is 4. The molecule has 0 unspecified atom stereocenters. The SMILES string of the molecule is Cc1ccc(NC(=O)C(C)(C)S(=O)(=O)c2ccc(Br)cc2)cc1C. The first-order valence-corrected chi connectivity index (χ1v) is 9.72. The molecule has 0 aliphatic rings. The Kier molecular flexibility index (Phi) is 5.20. The van der Waals surface area contributed by atoms with Gasteiger partial charge in [-0.3, -0.25) is 4.79 Å². The van der Waals surface area contributed by atoms with Crippen molar-refractivity contribution in [1.29, 1.82) is 0 Å². The summed E-state index contributed by atoms with van der Waals surface area (Å²) in [6, 6.07) is 11.8. The molecule has 6 heteroatoms. The number of nitrogens with one attached hydrogen (secondary N) is 1. The molecule has 2 aromatic carbocycles. The average molecular weight is 410 g/mol. The van der Waals surface area contributed by atoms with E-state index in [2.05, 4.69) is 21.2 Å². The van der Waals surface area contributed by atoms with Crippen LogP contribution in [-0.4, -0.2) is 19.1 Å². The molecule has 0 saturated carbocycles. The lowest BCUT2D eigenvalue weighted by atomic mass is 10.1. The van der Waals surface area contributed by atoms with Crippen LogP contribution in [0.25, 0.3) is 0 Å². The van der Waals surface area contributed by atoms with E-state index in [0.29, 0.717) is 5.69 Å². The van der Waals surface area contributed by atoms with Crippen LogP contribution in [0.3, 0.4) is 0 Å². The third kappa shape index (κ3) is 3.54. The zero-order valence-electron chi connectivity index (χ0n) is 14.1. The Hall–Kier alpha value is -1.66. The Morgan fingerprint density at radius 2 is 1.58 bits per heavy atom. The van der Waals surface area contributed by atoms with E-state index < -0.39 is 20.5 Å². The number of carbonyl (C=O) groups excluding carboxylic acids is 1. The van der Waals surface area contributed by atoms with Crippen LogP contribution in [0, 0.1) is 13.8 Å². The maximum Gasteiger partial charge on any atom is 0.245 e. The molecule has 0 aromatic heterocycles. The van der Waals surface area contributed by atoms with Gasteiger partial charge in [-0.25, -0.2) is 8.42 Å². The molecule has 0 aliphatic carbocycles. The normalized spacial score (nSPS) is 12.0. The molecule has 0 heterocycles. The summed E-state index contributed by atoms with van der Waals surface area (Å²) in [4.78, 5) is 12.7. The summed E-state index contributed by atoms with van der Waals surface area (Å²) >= 11 is 3.27. The van der Waals surface area contributed by atoms with E-state index in [1.54, 1.807) is 18.2 Å². The molecule has 128 valence electrons. The maximum absolute atomic E-state index is 12.8. The minimum Gasteiger partial charge on any atom is -0.325 e. The van der Waals surface area contributed by atoms with Crippen molar-refractivity contribution >= 4 is 37.4 Å². The van der Waals surface area contributed by atoms with Gasteiger partial charge in [0.25, 0.3) is 0 Å². The second-order valence-corrected chi connectivity index (χ2v) is 9.64. The minimum atomic E-state index is -3.83. The Balaban J connectivity index is 2.32. The first-order valence-electron chi connectivity index (χ1n) is 7.44. The lowest BCUT2D eigenvalue weighted by Gasteiger charge is -2.24. The molecule has 0 radical (unpaired) electrons. The van der Waals surface area contributed by atoms with Gasteiger partial charge in [0.2, 0.25) is 5.91 Å². The van der Waals surface area contributed by atoms with Gasteiger partial charge in [0, 0.05) is 10.2 Å². The number of anilines is 1. The third-order valence-corrected chi connectivity index (χ3v) is 7.06. The van der Waals surface area contributed by atoms with E-state index in [9.17, 15) is 13.2 Å². The van der Waals surface area contributed by atoms with E-state index in [1.165, 1.54) is 26.0 Å². The summed E-state index contributed by atoms with van der Waals surface area (Å²) in [7, 11) is -3.83. The van der Waals surface area contributed by atoms with Crippen LogP contribution in [-0.2, 0) is 14.6 Å². The molecule has 0 spiro atoms. The molecule has 0 fully saturated rings. The van der Waals surface area contributed by atoms with Crippen molar-refractivity contribution < 1.29 is 13.2 Å². The van der Waals surface area contributed by atoms with Crippen molar-refractivity contribution in [3.8, 4) is 0 Å². The third-order valence-electron chi connectivity index (χ3n) is 4.11. The smallest absolute Gasteiger partial charge is 0.245 e. The Morgan fingerprint density at radius 3 is 2.12 bits per heavy atom. The highest BCUT2D eigenvalue weighted by molar-refractivity contribution is 9.10. The van der Waals surface area contributed by atoms with Crippen LogP contribution in [0.5, 0.6) is 0 Å². The monoisotopic (exact) mass is 409 g/mol. The Bertz CT molecular complexity index is 872. The van der Waals surface area contributed by atoms with Crippen molar-refractivity contribution in [2.75, 3.05) is 5.32 Å². The molecule has 4 nitrogen and oxygen atoms in total. The summed E-state index contributed by atoms with van der Waals surface area (Å²) in [5, 5.41) is 2.71. The zero-order chi connectivity index (χ0) is 18.1. The van der Waals surface area contributed by atoms with Gasteiger partial charge in [0.05, 0.1) is 4.90 Å². The van der Waals surface area contributed by atoms with Crippen LogP contribution in [0.4, 0.5) is 5.69 Å². The van der Waals surface area contributed by atoms with Gasteiger partial charge in [-0.05, 0) is 75.2 Å². The summed E-state index contributed by atoms with van der Waals surface area (Å²) in [5.41, 5.74) is 2.72. The van der Waals surface area contributed by atoms with Gasteiger partial charge in [0.15, 0.2) is 9.84 Å². The first kappa shape index (κ1) is 18.7. The van der Waals surface area contributed by atoms with E-state index in [4.69, 9.17) is 0 Å². The second kappa shape index (κ2) is 6.69. The highest BCUT2D eigenvalue weighted by atomic mass is 79.9. The number of amides is 1. The lowest BCUT2D eigenvalue weighted by Crippen LogP contribution is -2.44. The summed E-state index contributed by atoms with van der Waals surface area (Å²) < 4.78 is 24.9. The number of carbonyl (C=O) groups is 1. The number of halogens is 1. The van der Waals surface area contributed by atoms with Crippen LogP contribution in [0.2, 0.25) is 0 Å². The van der Waals surface area contributed by atoms with Crippen LogP contribution in [0.15, 0.2) is 51.8 Å². The van der Waals surface area contributed by atoms with E-state index in [1.807, 2.05) is 26.0 Å². The second-order valence-electron chi connectivity index (χ2n) is 6.22. The van der Waals surface area contributed by atoms with Crippen molar-refractivity contribution in [2.24, 2.45) is 0 Å². The molecule has 0 bridgehead atoms. The topological polar surface area (TPSA) is 63.2 Å². The molecule has 1 amide bonds. The molecule has 2 rings (SSSR count). The number of benzene rings is 2. The van der Waals surface area contributed by atoms with Crippen LogP contribution < -0.4 is 5.32 Å². The number of hydrogen-bond acceptors (Lipinski definition) is 3. The summed E-state index contributed by atoms with van der Waals surface area (Å²) in [6.07, 6.45) is 0. The fraction of sp³-hybridized carbons (Fsp3) is 0.278. The van der Waals surface area contributed by atoms with Gasteiger partial charge in [-0.1, -0.05) is 22.0 Å². The van der Waals surface area contributed by atoms with E-state index in [-0.39, 0.29) is 4.90 Å². The molecule has 24 heavy (non-hydrogen) atoms. The van der Waals surface area contributed by atoms with Crippen molar-refractivity contribution in [3.05, 3.63) is 58.1 Å². The predicted octanol–water partition coefficient (Wildman–Crippen LogP) is 4.26. The van der Waals surface area contributed by atoms with Crippen LogP contribution in [0.1, 0.15) is 25.0 Å². The predicted molar refractivity (Wildman–Crippen MR) is 100.0 cm³/mol. The highest BCUT2D eigenvalue weighted by Gasteiger charge is 2.42.